The molecular formula is C26H21N3O4. The molecule has 5 heterocycles. The van der Waals surface area contributed by atoms with Gasteiger partial charge in [0.1, 0.15) is 19.0 Å². The van der Waals surface area contributed by atoms with Crippen LogP contribution in [0.25, 0.3) is 22.4 Å². The van der Waals surface area contributed by atoms with Gasteiger partial charge in [-0.25, -0.2) is 4.98 Å². The lowest BCUT2D eigenvalue weighted by Crippen LogP contribution is -2.35. The van der Waals surface area contributed by atoms with Crippen LogP contribution in [0.4, 0.5) is 0 Å². The van der Waals surface area contributed by atoms with Gasteiger partial charge in [0.25, 0.3) is 11.4 Å². The van der Waals surface area contributed by atoms with Gasteiger partial charge in [-0.15, -0.1) is 0 Å². The van der Waals surface area contributed by atoms with Gasteiger partial charge in [0, 0.05) is 42.8 Å². The summed E-state index contributed by atoms with van der Waals surface area (Å²) in [6.07, 6.45) is 5.82. The van der Waals surface area contributed by atoms with Crippen LogP contribution in [0.2, 0.25) is 0 Å². The molecule has 2 aliphatic heterocycles. The van der Waals surface area contributed by atoms with Crippen LogP contribution in [-0.2, 0) is 13.0 Å². The monoisotopic (exact) mass is 439 g/mol. The molecule has 0 aliphatic carbocycles. The molecule has 0 bridgehead atoms. The predicted molar refractivity (Wildman–Crippen MR) is 123 cm³/mol. The van der Waals surface area contributed by atoms with Crippen LogP contribution in [0.1, 0.15) is 5.56 Å². The van der Waals surface area contributed by atoms with Crippen LogP contribution in [0.15, 0.2) is 78.0 Å². The second-order valence-electron chi connectivity index (χ2n) is 8.10. The first-order valence-electron chi connectivity index (χ1n) is 10.9. The highest BCUT2D eigenvalue weighted by Crippen LogP contribution is 2.34. The lowest BCUT2D eigenvalue weighted by molar-refractivity contribution is 0.0500. The molecule has 0 amide bonds. The lowest BCUT2D eigenvalue weighted by Gasteiger charge is -2.26. The van der Waals surface area contributed by atoms with Crippen molar-refractivity contribution in [3.05, 3.63) is 89.1 Å². The standard InChI is InChI=1S/C26H21N3O4/c30-25-13-20(31-15-21-16-32-26-24(33-21)4-2-9-28-26)12-23-22-6-5-17(19-3-1-8-27-14-19)11-18(22)7-10-29(23)25/h1-6,8-9,11-14,21H,7,10,15-16H2. The van der Waals surface area contributed by atoms with Gasteiger partial charge in [-0.1, -0.05) is 24.3 Å². The Bertz CT molecular complexity index is 1380. The van der Waals surface area contributed by atoms with Gasteiger partial charge in [-0.3, -0.25) is 9.78 Å². The Kier molecular flexibility index (Phi) is 4.79. The first-order chi connectivity index (χ1) is 16.2. The fourth-order valence-corrected chi connectivity index (χ4v) is 4.34. The van der Waals surface area contributed by atoms with Crippen LogP contribution >= 0.6 is 0 Å². The summed E-state index contributed by atoms with van der Waals surface area (Å²) in [5, 5.41) is 0. The number of pyridine rings is 3. The quantitative estimate of drug-likeness (QED) is 0.482. The molecule has 164 valence electrons. The van der Waals surface area contributed by atoms with E-state index in [9.17, 15) is 4.79 Å². The topological polar surface area (TPSA) is 75.5 Å². The highest BCUT2D eigenvalue weighted by atomic mass is 16.6. The van der Waals surface area contributed by atoms with Crippen molar-refractivity contribution >= 4 is 0 Å². The van der Waals surface area contributed by atoms with E-state index in [1.54, 1.807) is 23.0 Å². The van der Waals surface area contributed by atoms with E-state index in [-0.39, 0.29) is 18.3 Å². The van der Waals surface area contributed by atoms with E-state index >= 15 is 0 Å². The number of nitrogens with zero attached hydrogens (tertiary/aromatic N) is 3. The zero-order valence-electron chi connectivity index (χ0n) is 17.8. The molecule has 0 saturated heterocycles. The Morgan fingerprint density at radius 3 is 2.91 bits per heavy atom. The van der Waals surface area contributed by atoms with Crippen molar-refractivity contribution in [1.82, 2.24) is 14.5 Å². The third-order valence-corrected chi connectivity index (χ3v) is 5.95. The summed E-state index contributed by atoms with van der Waals surface area (Å²) in [4.78, 5) is 21.2. The van der Waals surface area contributed by atoms with E-state index in [1.165, 1.54) is 11.6 Å². The second-order valence-corrected chi connectivity index (χ2v) is 8.10. The summed E-state index contributed by atoms with van der Waals surface area (Å²) in [5.74, 6) is 1.61. The van der Waals surface area contributed by atoms with Crippen LogP contribution in [-0.4, -0.2) is 33.9 Å². The zero-order chi connectivity index (χ0) is 22.2. The second kappa shape index (κ2) is 8.09. The Balaban J connectivity index is 1.25. The summed E-state index contributed by atoms with van der Waals surface area (Å²) < 4.78 is 19.3. The minimum absolute atomic E-state index is 0.0696. The first-order valence-corrected chi connectivity index (χ1v) is 10.9. The molecule has 2 aliphatic rings. The molecule has 0 N–H and O–H groups in total. The van der Waals surface area contributed by atoms with Crippen molar-refractivity contribution in [1.29, 1.82) is 0 Å². The van der Waals surface area contributed by atoms with Crippen molar-refractivity contribution < 1.29 is 14.2 Å². The Hall–Kier alpha value is -4.13. The molecule has 0 radical (unpaired) electrons. The summed E-state index contributed by atoms with van der Waals surface area (Å²) in [6.45, 7) is 1.25. The summed E-state index contributed by atoms with van der Waals surface area (Å²) in [5.41, 5.74) is 5.25. The molecule has 6 rings (SSSR count). The maximum absolute atomic E-state index is 12.8. The van der Waals surface area contributed by atoms with Crippen LogP contribution < -0.4 is 19.8 Å². The van der Waals surface area contributed by atoms with Crippen molar-refractivity contribution in [3.63, 3.8) is 0 Å². The minimum Gasteiger partial charge on any atom is -0.489 e. The first kappa shape index (κ1) is 19.5. The fourth-order valence-electron chi connectivity index (χ4n) is 4.34. The van der Waals surface area contributed by atoms with Gasteiger partial charge in [0.2, 0.25) is 0 Å². The summed E-state index contributed by atoms with van der Waals surface area (Å²) >= 11 is 0. The molecule has 7 nitrogen and oxygen atoms in total. The average Bonchev–Trinajstić information content (AvgIpc) is 2.87. The molecule has 33 heavy (non-hydrogen) atoms. The average molecular weight is 439 g/mol. The number of aryl methyl sites for hydroxylation is 1. The van der Waals surface area contributed by atoms with Crippen molar-refractivity contribution in [3.8, 4) is 39.8 Å². The van der Waals surface area contributed by atoms with E-state index in [4.69, 9.17) is 14.2 Å². The summed E-state index contributed by atoms with van der Waals surface area (Å²) in [6, 6.07) is 17.4. The van der Waals surface area contributed by atoms with Gasteiger partial charge in [0.05, 0.1) is 5.69 Å². The van der Waals surface area contributed by atoms with E-state index < -0.39 is 0 Å². The molecule has 4 aromatic rings. The third kappa shape index (κ3) is 3.71. The Morgan fingerprint density at radius 2 is 2.00 bits per heavy atom. The van der Waals surface area contributed by atoms with E-state index in [2.05, 4.69) is 28.2 Å². The number of aromatic nitrogens is 3. The highest BCUT2D eigenvalue weighted by Gasteiger charge is 2.23. The zero-order valence-corrected chi connectivity index (χ0v) is 17.8. The molecule has 0 spiro atoms. The molecule has 7 heteroatoms. The smallest absolute Gasteiger partial charge is 0.257 e. The SMILES string of the molecule is O=c1cc(OCC2COc3ncccc3O2)cc2n1CCc1cc(-c3cccnc3)ccc1-2. The highest BCUT2D eigenvalue weighted by molar-refractivity contribution is 5.73. The number of ether oxygens (including phenoxy) is 3. The fraction of sp³-hybridized carbons (Fsp3) is 0.192. The number of benzene rings is 1. The van der Waals surface area contributed by atoms with Crippen LogP contribution in [0, 0.1) is 0 Å². The number of hydrogen-bond donors (Lipinski definition) is 0. The largest absolute Gasteiger partial charge is 0.489 e. The minimum atomic E-state index is -0.283. The van der Waals surface area contributed by atoms with Gasteiger partial charge < -0.3 is 18.8 Å². The van der Waals surface area contributed by atoms with E-state index in [0.29, 0.717) is 30.5 Å². The van der Waals surface area contributed by atoms with Gasteiger partial charge in [0.15, 0.2) is 11.9 Å². The van der Waals surface area contributed by atoms with Crippen LogP contribution in [0.5, 0.6) is 17.4 Å². The molecule has 0 saturated carbocycles. The van der Waals surface area contributed by atoms with Crippen LogP contribution in [0.3, 0.4) is 0 Å². The molecule has 3 aromatic heterocycles. The van der Waals surface area contributed by atoms with Crippen molar-refractivity contribution in [2.24, 2.45) is 0 Å². The Morgan fingerprint density at radius 1 is 1.06 bits per heavy atom. The number of hydrogen-bond acceptors (Lipinski definition) is 6. The van der Waals surface area contributed by atoms with Crippen molar-refractivity contribution in [2.45, 2.75) is 19.1 Å². The molecule has 0 fully saturated rings. The van der Waals surface area contributed by atoms with E-state index in [0.717, 1.165) is 28.8 Å². The molecule has 1 unspecified atom stereocenters. The maximum Gasteiger partial charge on any atom is 0.257 e. The molecule has 1 atom stereocenters. The normalized spacial score (nSPS) is 15.9. The van der Waals surface area contributed by atoms with Crippen molar-refractivity contribution in [2.75, 3.05) is 13.2 Å². The number of fused-ring (bicyclic) bond motifs is 4. The Labute approximate surface area is 190 Å². The number of rotatable bonds is 4. The van der Waals surface area contributed by atoms with E-state index in [1.807, 2.05) is 30.5 Å². The van der Waals surface area contributed by atoms with Gasteiger partial charge >= 0.3 is 0 Å². The lowest BCUT2D eigenvalue weighted by atomic mass is 9.93. The van der Waals surface area contributed by atoms with Gasteiger partial charge in [-0.2, -0.15) is 0 Å². The predicted octanol–water partition coefficient (Wildman–Crippen LogP) is 3.75. The molecular weight excluding hydrogens is 418 g/mol. The third-order valence-electron chi connectivity index (χ3n) is 5.95. The van der Waals surface area contributed by atoms with Gasteiger partial charge in [-0.05, 0) is 41.3 Å². The molecule has 1 aromatic carbocycles. The maximum atomic E-state index is 12.8. The summed E-state index contributed by atoms with van der Waals surface area (Å²) in [7, 11) is 0.